The van der Waals surface area contributed by atoms with Crippen molar-refractivity contribution in [2.75, 3.05) is 20.2 Å². The van der Waals surface area contributed by atoms with Crippen LogP contribution in [-0.2, 0) is 0 Å². The lowest BCUT2D eigenvalue weighted by Gasteiger charge is -2.30. The monoisotopic (exact) mass is 341 g/mol. The predicted octanol–water partition coefficient (Wildman–Crippen LogP) is 2.83. The van der Waals surface area contributed by atoms with Crippen LogP contribution >= 0.6 is 0 Å². The largest absolute Gasteiger partial charge is 0.497 e. The molecule has 2 atom stereocenters. The van der Waals surface area contributed by atoms with Gasteiger partial charge in [-0.1, -0.05) is 6.92 Å². The summed E-state index contributed by atoms with van der Waals surface area (Å²) in [6, 6.07) is 10.0. The molecule has 0 aliphatic carbocycles. The quantitative estimate of drug-likeness (QED) is 0.899. The molecule has 2 N–H and O–H groups in total. The Kier molecular flexibility index (Phi) is 5.13. The normalized spacial score (nSPS) is 20.3. The van der Waals surface area contributed by atoms with Crippen molar-refractivity contribution >= 4 is 5.91 Å². The highest BCUT2D eigenvalue weighted by Crippen LogP contribution is 2.23. The molecular formula is C20H27N3O2. The van der Waals surface area contributed by atoms with Crippen molar-refractivity contribution in [1.29, 1.82) is 0 Å². The van der Waals surface area contributed by atoms with Gasteiger partial charge in [0, 0.05) is 29.7 Å². The molecule has 2 heterocycles. The van der Waals surface area contributed by atoms with Gasteiger partial charge in [0.2, 0.25) is 0 Å². The molecule has 0 saturated carbocycles. The first-order valence-corrected chi connectivity index (χ1v) is 8.86. The van der Waals surface area contributed by atoms with E-state index < -0.39 is 0 Å². The van der Waals surface area contributed by atoms with E-state index in [1.165, 1.54) is 0 Å². The Labute approximate surface area is 149 Å². The maximum Gasteiger partial charge on any atom is 0.253 e. The van der Waals surface area contributed by atoms with Crippen molar-refractivity contribution in [1.82, 2.24) is 15.2 Å². The van der Waals surface area contributed by atoms with E-state index in [0.29, 0.717) is 5.92 Å². The lowest BCUT2D eigenvalue weighted by Crippen LogP contribution is -2.50. The summed E-state index contributed by atoms with van der Waals surface area (Å²) in [5.41, 5.74) is 3.77. The summed E-state index contributed by atoms with van der Waals surface area (Å²) in [6.45, 7) is 8.09. The minimum atomic E-state index is 0.00779. The number of hydrogen-bond acceptors (Lipinski definition) is 3. The fourth-order valence-electron chi connectivity index (χ4n) is 3.55. The molecule has 1 aliphatic rings. The Balaban J connectivity index is 1.84. The average molecular weight is 341 g/mol. The van der Waals surface area contributed by atoms with Crippen molar-refractivity contribution in [3.05, 3.63) is 47.3 Å². The minimum Gasteiger partial charge on any atom is -0.497 e. The SMILES string of the molecule is COc1ccc(-n2c(C)cc(C(=O)NC3CNCCC3C)c2C)cc1. The van der Waals surface area contributed by atoms with E-state index in [2.05, 4.69) is 22.1 Å². The number of rotatable bonds is 4. The van der Waals surface area contributed by atoms with E-state index in [0.717, 1.165) is 47.9 Å². The third-order valence-electron chi connectivity index (χ3n) is 5.15. The number of piperidine rings is 1. The number of carbonyl (C=O) groups is 1. The number of amides is 1. The number of benzene rings is 1. The zero-order chi connectivity index (χ0) is 18.0. The molecule has 0 radical (unpaired) electrons. The molecule has 134 valence electrons. The summed E-state index contributed by atoms with van der Waals surface area (Å²) in [5.74, 6) is 1.33. The van der Waals surface area contributed by atoms with Crippen LogP contribution in [-0.4, -0.2) is 36.7 Å². The Morgan fingerprint density at radius 1 is 1.28 bits per heavy atom. The summed E-state index contributed by atoms with van der Waals surface area (Å²) < 4.78 is 7.33. The van der Waals surface area contributed by atoms with E-state index in [1.54, 1.807) is 7.11 Å². The molecule has 25 heavy (non-hydrogen) atoms. The Bertz CT molecular complexity index is 749. The van der Waals surface area contributed by atoms with Gasteiger partial charge in [0.05, 0.1) is 12.7 Å². The molecule has 5 heteroatoms. The molecule has 2 aromatic rings. The highest BCUT2D eigenvalue weighted by Gasteiger charge is 2.25. The van der Waals surface area contributed by atoms with Gasteiger partial charge in [-0.05, 0) is 63.1 Å². The third kappa shape index (κ3) is 3.56. The van der Waals surface area contributed by atoms with E-state index in [4.69, 9.17) is 4.74 Å². The number of ether oxygens (including phenoxy) is 1. The molecule has 1 aromatic heterocycles. The highest BCUT2D eigenvalue weighted by atomic mass is 16.5. The number of aryl methyl sites for hydroxylation is 1. The topological polar surface area (TPSA) is 55.3 Å². The van der Waals surface area contributed by atoms with Crippen LogP contribution in [0.4, 0.5) is 0 Å². The van der Waals surface area contributed by atoms with Crippen LogP contribution in [0.5, 0.6) is 5.75 Å². The van der Waals surface area contributed by atoms with Crippen molar-refractivity contribution in [3.63, 3.8) is 0 Å². The number of hydrogen-bond donors (Lipinski definition) is 2. The molecule has 3 rings (SSSR count). The highest BCUT2D eigenvalue weighted by molar-refractivity contribution is 5.96. The van der Waals surface area contributed by atoms with E-state index >= 15 is 0 Å². The predicted molar refractivity (Wildman–Crippen MR) is 99.7 cm³/mol. The summed E-state index contributed by atoms with van der Waals surface area (Å²) in [7, 11) is 1.66. The lowest BCUT2D eigenvalue weighted by atomic mass is 9.94. The van der Waals surface area contributed by atoms with Crippen LogP contribution in [0.1, 0.15) is 35.1 Å². The molecule has 1 saturated heterocycles. The van der Waals surface area contributed by atoms with Gasteiger partial charge in [0.1, 0.15) is 5.75 Å². The van der Waals surface area contributed by atoms with E-state index in [9.17, 15) is 4.79 Å². The van der Waals surface area contributed by atoms with Gasteiger partial charge in [0.25, 0.3) is 5.91 Å². The Morgan fingerprint density at radius 3 is 2.64 bits per heavy atom. The standard InChI is InChI=1S/C20H27N3O2/c1-13-9-10-21-12-19(13)22-20(24)18-11-14(2)23(15(18)3)16-5-7-17(25-4)8-6-16/h5-8,11,13,19,21H,9-10,12H2,1-4H3,(H,22,24). The van der Waals surface area contributed by atoms with Crippen molar-refractivity contribution in [2.45, 2.75) is 33.2 Å². The molecule has 5 nitrogen and oxygen atoms in total. The molecular weight excluding hydrogens is 314 g/mol. The van der Waals surface area contributed by atoms with E-state index in [-0.39, 0.29) is 11.9 Å². The third-order valence-corrected chi connectivity index (χ3v) is 5.15. The second-order valence-corrected chi connectivity index (χ2v) is 6.87. The first kappa shape index (κ1) is 17.5. The zero-order valence-corrected chi connectivity index (χ0v) is 15.4. The molecule has 1 fully saturated rings. The summed E-state index contributed by atoms with van der Waals surface area (Å²) in [6.07, 6.45) is 1.09. The molecule has 1 amide bonds. The van der Waals surface area contributed by atoms with Crippen LogP contribution in [0, 0.1) is 19.8 Å². The van der Waals surface area contributed by atoms with Crippen molar-refractivity contribution in [3.8, 4) is 11.4 Å². The number of nitrogens with one attached hydrogen (secondary N) is 2. The van der Waals surface area contributed by atoms with E-state index in [1.807, 2.05) is 44.2 Å². The van der Waals surface area contributed by atoms with Gasteiger partial charge in [-0.15, -0.1) is 0 Å². The average Bonchev–Trinajstić information content (AvgIpc) is 2.91. The van der Waals surface area contributed by atoms with Crippen LogP contribution in [0.15, 0.2) is 30.3 Å². The smallest absolute Gasteiger partial charge is 0.253 e. The summed E-state index contributed by atoms with van der Waals surface area (Å²) in [5, 5.41) is 6.56. The Hall–Kier alpha value is -2.27. The number of methoxy groups -OCH3 is 1. The second-order valence-electron chi connectivity index (χ2n) is 6.87. The van der Waals surface area contributed by atoms with Crippen molar-refractivity contribution in [2.24, 2.45) is 5.92 Å². The number of nitrogens with zero attached hydrogens (tertiary/aromatic N) is 1. The van der Waals surface area contributed by atoms with Crippen LogP contribution < -0.4 is 15.4 Å². The molecule has 2 unspecified atom stereocenters. The van der Waals surface area contributed by atoms with Gasteiger partial charge in [-0.25, -0.2) is 0 Å². The van der Waals surface area contributed by atoms with Gasteiger partial charge in [-0.2, -0.15) is 0 Å². The number of carbonyl (C=O) groups excluding carboxylic acids is 1. The number of aromatic nitrogens is 1. The minimum absolute atomic E-state index is 0.00779. The maximum absolute atomic E-state index is 12.8. The summed E-state index contributed by atoms with van der Waals surface area (Å²) in [4.78, 5) is 12.8. The van der Waals surface area contributed by atoms with Crippen molar-refractivity contribution < 1.29 is 9.53 Å². The van der Waals surface area contributed by atoms with Gasteiger partial charge in [-0.3, -0.25) is 4.79 Å². The van der Waals surface area contributed by atoms with Crippen LogP contribution in [0.3, 0.4) is 0 Å². The Morgan fingerprint density at radius 2 is 2.00 bits per heavy atom. The zero-order valence-electron chi connectivity index (χ0n) is 15.4. The second kappa shape index (κ2) is 7.31. The fourth-order valence-corrected chi connectivity index (χ4v) is 3.55. The molecule has 0 bridgehead atoms. The molecule has 1 aromatic carbocycles. The first-order valence-electron chi connectivity index (χ1n) is 8.86. The van der Waals surface area contributed by atoms with Gasteiger partial charge in [0.15, 0.2) is 0 Å². The summed E-state index contributed by atoms with van der Waals surface area (Å²) >= 11 is 0. The maximum atomic E-state index is 12.8. The first-order chi connectivity index (χ1) is 12.0. The van der Waals surface area contributed by atoms with Crippen LogP contribution in [0.25, 0.3) is 5.69 Å². The lowest BCUT2D eigenvalue weighted by molar-refractivity contribution is 0.0914. The molecule has 1 aliphatic heterocycles. The molecule has 0 spiro atoms. The fraction of sp³-hybridized carbons (Fsp3) is 0.450. The van der Waals surface area contributed by atoms with Crippen LogP contribution in [0.2, 0.25) is 0 Å². The van der Waals surface area contributed by atoms with Gasteiger partial charge >= 0.3 is 0 Å². The van der Waals surface area contributed by atoms with Gasteiger partial charge < -0.3 is 19.9 Å².